The molecule has 0 aliphatic carbocycles. The van der Waals surface area contributed by atoms with Crippen molar-refractivity contribution < 1.29 is 8.42 Å². The molecule has 0 aliphatic heterocycles. The summed E-state index contributed by atoms with van der Waals surface area (Å²) in [6.07, 6.45) is 1.19. The molecule has 2 rings (SSSR count). The Labute approximate surface area is 124 Å². The molecule has 1 heterocycles. The van der Waals surface area contributed by atoms with Gasteiger partial charge in [0.1, 0.15) is 0 Å². The average Bonchev–Trinajstić information content (AvgIpc) is 2.89. The molecule has 0 saturated carbocycles. The van der Waals surface area contributed by atoms with Gasteiger partial charge < -0.3 is 0 Å². The molecule has 3 nitrogen and oxygen atoms in total. The third-order valence-electron chi connectivity index (χ3n) is 3.10. The van der Waals surface area contributed by atoms with Crippen molar-refractivity contribution >= 4 is 21.4 Å². The second-order valence-corrected chi connectivity index (χ2v) is 7.92. The maximum absolute atomic E-state index is 11.6. The fourth-order valence-corrected chi connectivity index (χ4v) is 3.60. The van der Waals surface area contributed by atoms with Gasteiger partial charge in [0.05, 0.1) is 12.3 Å². The van der Waals surface area contributed by atoms with E-state index < -0.39 is 10.0 Å². The van der Waals surface area contributed by atoms with Crippen molar-refractivity contribution in [1.29, 1.82) is 0 Å². The van der Waals surface area contributed by atoms with E-state index in [1.807, 2.05) is 29.6 Å². The summed E-state index contributed by atoms with van der Waals surface area (Å²) in [4.78, 5) is 0.993. The topological polar surface area (TPSA) is 46.2 Å². The van der Waals surface area contributed by atoms with Gasteiger partial charge in [-0.15, -0.1) is 11.3 Å². The zero-order valence-electron chi connectivity index (χ0n) is 11.8. The standard InChI is InChI=1S/C15H19NO2S2/c1-11(2)12-6-8-13(9-7-12)15(16-20(3,17)18)14-5-4-10-19-14/h4-11,15-16H,1-3H3. The van der Waals surface area contributed by atoms with Gasteiger partial charge >= 0.3 is 0 Å². The lowest BCUT2D eigenvalue weighted by atomic mass is 9.99. The highest BCUT2D eigenvalue weighted by Crippen LogP contribution is 2.27. The fourth-order valence-electron chi connectivity index (χ4n) is 2.03. The molecule has 0 radical (unpaired) electrons. The van der Waals surface area contributed by atoms with E-state index in [2.05, 4.69) is 30.7 Å². The summed E-state index contributed by atoms with van der Waals surface area (Å²) < 4.78 is 25.9. The van der Waals surface area contributed by atoms with Gasteiger partial charge in [0.25, 0.3) is 0 Å². The smallest absolute Gasteiger partial charge is 0.209 e. The predicted molar refractivity (Wildman–Crippen MR) is 84.7 cm³/mol. The highest BCUT2D eigenvalue weighted by molar-refractivity contribution is 7.88. The van der Waals surface area contributed by atoms with E-state index >= 15 is 0 Å². The van der Waals surface area contributed by atoms with E-state index in [0.717, 1.165) is 10.4 Å². The Morgan fingerprint density at radius 1 is 1.05 bits per heavy atom. The van der Waals surface area contributed by atoms with Crippen molar-refractivity contribution in [2.24, 2.45) is 0 Å². The Hall–Kier alpha value is -1.17. The average molecular weight is 309 g/mol. The third kappa shape index (κ3) is 3.91. The fraction of sp³-hybridized carbons (Fsp3) is 0.333. The minimum atomic E-state index is -3.27. The van der Waals surface area contributed by atoms with Gasteiger partial charge in [0, 0.05) is 4.88 Å². The van der Waals surface area contributed by atoms with Crippen molar-refractivity contribution in [1.82, 2.24) is 4.72 Å². The Kier molecular flexibility index (Phi) is 4.62. The molecule has 1 atom stereocenters. The van der Waals surface area contributed by atoms with Crippen LogP contribution in [0.25, 0.3) is 0 Å². The van der Waals surface area contributed by atoms with Crippen LogP contribution in [0.1, 0.15) is 41.8 Å². The predicted octanol–water partition coefficient (Wildman–Crippen LogP) is 3.51. The number of hydrogen-bond donors (Lipinski definition) is 1. The Bertz CT molecular complexity index is 644. The lowest BCUT2D eigenvalue weighted by Crippen LogP contribution is -2.27. The normalized spacial score (nSPS) is 13.6. The first-order valence-corrected chi connectivity index (χ1v) is 9.24. The molecule has 0 bridgehead atoms. The molecule has 1 aromatic carbocycles. The Balaban J connectivity index is 2.36. The summed E-state index contributed by atoms with van der Waals surface area (Å²) >= 11 is 1.55. The summed E-state index contributed by atoms with van der Waals surface area (Å²) in [5, 5.41) is 1.95. The van der Waals surface area contributed by atoms with Crippen molar-refractivity contribution in [2.45, 2.75) is 25.8 Å². The van der Waals surface area contributed by atoms with Crippen LogP contribution in [0.4, 0.5) is 0 Å². The van der Waals surface area contributed by atoms with Gasteiger partial charge in [-0.05, 0) is 28.5 Å². The highest BCUT2D eigenvalue weighted by atomic mass is 32.2. The van der Waals surface area contributed by atoms with Gasteiger partial charge in [0.15, 0.2) is 0 Å². The monoisotopic (exact) mass is 309 g/mol. The second-order valence-electron chi connectivity index (χ2n) is 5.16. The summed E-state index contributed by atoms with van der Waals surface area (Å²) in [6.45, 7) is 4.28. The number of sulfonamides is 1. The van der Waals surface area contributed by atoms with Crippen LogP contribution in [0.15, 0.2) is 41.8 Å². The minimum Gasteiger partial charge on any atom is -0.213 e. The number of nitrogens with one attached hydrogen (secondary N) is 1. The molecule has 1 N–H and O–H groups in total. The first-order valence-electron chi connectivity index (χ1n) is 6.47. The lowest BCUT2D eigenvalue weighted by Gasteiger charge is -2.17. The molecule has 0 amide bonds. The van der Waals surface area contributed by atoms with Crippen LogP contribution in [-0.4, -0.2) is 14.7 Å². The molecule has 0 spiro atoms. The van der Waals surface area contributed by atoms with E-state index in [-0.39, 0.29) is 6.04 Å². The van der Waals surface area contributed by atoms with Crippen LogP contribution in [0.5, 0.6) is 0 Å². The third-order valence-corrected chi connectivity index (χ3v) is 4.70. The second kappa shape index (κ2) is 6.08. The highest BCUT2D eigenvalue weighted by Gasteiger charge is 2.19. The zero-order valence-corrected chi connectivity index (χ0v) is 13.5. The molecule has 5 heteroatoms. The van der Waals surface area contributed by atoms with Crippen LogP contribution < -0.4 is 4.72 Å². The summed E-state index contributed by atoms with van der Waals surface area (Å²) in [7, 11) is -3.27. The maximum Gasteiger partial charge on any atom is 0.209 e. The quantitative estimate of drug-likeness (QED) is 0.918. The van der Waals surface area contributed by atoms with Crippen molar-refractivity contribution in [2.75, 3.05) is 6.26 Å². The zero-order chi connectivity index (χ0) is 14.8. The lowest BCUT2D eigenvalue weighted by molar-refractivity contribution is 0.579. The molecule has 0 fully saturated rings. The molecule has 20 heavy (non-hydrogen) atoms. The van der Waals surface area contributed by atoms with Gasteiger partial charge in [-0.3, -0.25) is 0 Å². The van der Waals surface area contributed by atoms with Gasteiger partial charge in [-0.1, -0.05) is 44.2 Å². The first kappa shape index (κ1) is 15.2. The molecule has 1 unspecified atom stereocenters. The van der Waals surface area contributed by atoms with Crippen LogP contribution in [0.3, 0.4) is 0 Å². The Morgan fingerprint density at radius 3 is 2.10 bits per heavy atom. The molecule has 108 valence electrons. The van der Waals surface area contributed by atoms with Crippen LogP contribution >= 0.6 is 11.3 Å². The molecule has 1 aromatic heterocycles. The molecular formula is C15H19NO2S2. The molecule has 0 aliphatic rings. The van der Waals surface area contributed by atoms with E-state index in [9.17, 15) is 8.42 Å². The maximum atomic E-state index is 11.6. The SMILES string of the molecule is CC(C)c1ccc(C(NS(C)(=O)=O)c2cccs2)cc1. The van der Waals surface area contributed by atoms with E-state index in [1.54, 1.807) is 11.3 Å². The Morgan fingerprint density at radius 2 is 1.65 bits per heavy atom. The summed E-state index contributed by atoms with van der Waals surface area (Å²) in [5.74, 6) is 0.465. The van der Waals surface area contributed by atoms with Crippen molar-refractivity contribution in [3.05, 3.63) is 57.8 Å². The molecular weight excluding hydrogens is 290 g/mol. The molecule has 0 saturated heterocycles. The minimum absolute atomic E-state index is 0.314. The van der Waals surface area contributed by atoms with Crippen molar-refractivity contribution in [3.8, 4) is 0 Å². The summed E-state index contributed by atoms with van der Waals surface area (Å²) in [5.41, 5.74) is 2.21. The first-order chi connectivity index (χ1) is 9.37. The van der Waals surface area contributed by atoms with Crippen molar-refractivity contribution in [3.63, 3.8) is 0 Å². The van der Waals surface area contributed by atoms with Crippen LogP contribution in [0.2, 0.25) is 0 Å². The van der Waals surface area contributed by atoms with Gasteiger partial charge in [0.2, 0.25) is 10.0 Å². The van der Waals surface area contributed by atoms with Gasteiger partial charge in [-0.2, -0.15) is 0 Å². The van der Waals surface area contributed by atoms with Crippen LogP contribution in [0, 0.1) is 0 Å². The largest absolute Gasteiger partial charge is 0.213 e. The van der Waals surface area contributed by atoms with E-state index in [4.69, 9.17) is 0 Å². The number of benzene rings is 1. The van der Waals surface area contributed by atoms with Gasteiger partial charge in [-0.25, -0.2) is 13.1 Å². The van der Waals surface area contributed by atoms with E-state index in [0.29, 0.717) is 5.92 Å². The van der Waals surface area contributed by atoms with E-state index in [1.165, 1.54) is 11.8 Å². The van der Waals surface area contributed by atoms with Crippen LogP contribution in [-0.2, 0) is 10.0 Å². The molecule has 2 aromatic rings. The summed E-state index contributed by atoms with van der Waals surface area (Å²) in [6, 6.07) is 11.7. The number of hydrogen-bond acceptors (Lipinski definition) is 3. The number of rotatable bonds is 5. The number of thiophene rings is 1.